The van der Waals surface area contributed by atoms with Gasteiger partial charge in [0.25, 0.3) is 5.91 Å². The van der Waals surface area contributed by atoms with E-state index in [4.69, 9.17) is 14.2 Å². The number of ether oxygens (including phenoxy) is 3. The molecule has 28 heavy (non-hydrogen) atoms. The highest BCUT2D eigenvalue weighted by Gasteiger charge is 2.19. The minimum Gasteiger partial charge on any atom is -0.493 e. The van der Waals surface area contributed by atoms with Gasteiger partial charge < -0.3 is 19.1 Å². The van der Waals surface area contributed by atoms with Crippen LogP contribution in [0.1, 0.15) is 27.9 Å². The fourth-order valence-electron chi connectivity index (χ4n) is 2.93. The van der Waals surface area contributed by atoms with Crippen molar-refractivity contribution in [3.63, 3.8) is 0 Å². The summed E-state index contributed by atoms with van der Waals surface area (Å²) in [7, 11) is 4.53. The molecular weight excluding hydrogens is 358 g/mol. The van der Waals surface area contributed by atoms with Crippen LogP contribution in [0.4, 0.5) is 0 Å². The van der Waals surface area contributed by atoms with Crippen LogP contribution in [0, 0.1) is 6.92 Å². The second kappa shape index (κ2) is 10.3. The monoisotopic (exact) mass is 385 g/mol. The summed E-state index contributed by atoms with van der Waals surface area (Å²) in [5.74, 6) is 0.868. The smallest absolute Gasteiger partial charge is 0.307 e. The number of hydrogen-bond donors (Lipinski definition) is 0. The summed E-state index contributed by atoms with van der Waals surface area (Å²) in [4.78, 5) is 26.3. The van der Waals surface area contributed by atoms with Gasteiger partial charge in [0.15, 0.2) is 11.5 Å². The van der Waals surface area contributed by atoms with Crippen LogP contribution in [-0.2, 0) is 16.0 Å². The van der Waals surface area contributed by atoms with Gasteiger partial charge in [0.05, 0.1) is 27.8 Å². The van der Waals surface area contributed by atoms with E-state index in [2.05, 4.69) is 0 Å². The molecule has 0 aliphatic heterocycles. The molecule has 2 aromatic carbocycles. The molecule has 0 aliphatic rings. The molecule has 150 valence electrons. The van der Waals surface area contributed by atoms with Gasteiger partial charge in [-0.2, -0.15) is 0 Å². The van der Waals surface area contributed by atoms with E-state index in [-0.39, 0.29) is 18.3 Å². The van der Waals surface area contributed by atoms with Gasteiger partial charge in [-0.05, 0) is 42.7 Å². The van der Waals surface area contributed by atoms with Crippen LogP contribution in [0.25, 0.3) is 0 Å². The summed E-state index contributed by atoms with van der Waals surface area (Å²) in [5.41, 5.74) is 2.56. The van der Waals surface area contributed by atoms with Crippen molar-refractivity contribution in [2.24, 2.45) is 0 Å². The Morgan fingerprint density at radius 3 is 2.29 bits per heavy atom. The molecule has 0 aliphatic carbocycles. The summed E-state index contributed by atoms with van der Waals surface area (Å²) in [6.07, 6.45) is 0.777. The molecule has 0 aromatic heterocycles. The van der Waals surface area contributed by atoms with E-state index in [0.29, 0.717) is 36.6 Å². The van der Waals surface area contributed by atoms with Crippen LogP contribution in [0.3, 0.4) is 0 Å². The van der Waals surface area contributed by atoms with E-state index in [1.807, 2.05) is 43.3 Å². The number of methoxy groups -OCH3 is 3. The molecule has 1 amide bonds. The van der Waals surface area contributed by atoms with Gasteiger partial charge in [-0.25, -0.2) is 0 Å². The zero-order valence-corrected chi connectivity index (χ0v) is 16.9. The first-order valence-corrected chi connectivity index (χ1v) is 9.12. The summed E-state index contributed by atoms with van der Waals surface area (Å²) in [5, 5.41) is 0. The van der Waals surface area contributed by atoms with Crippen LogP contribution in [0.2, 0.25) is 0 Å². The van der Waals surface area contributed by atoms with Crippen molar-refractivity contribution < 1.29 is 23.8 Å². The minimum atomic E-state index is -0.339. The maximum Gasteiger partial charge on any atom is 0.307 e. The molecule has 0 saturated carbocycles. The van der Waals surface area contributed by atoms with E-state index in [1.165, 1.54) is 7.11 Å². The van der Waals surface area contributed by atoms with Crippen molar-refractivity contribution in [2.45, 2.75) is 19.8 Å². The molecule has 2 aromatic rings. The summed E-state index contributed by atoms with van der Waals surface area (Å²) in [6, 6.07) is 13.1. The van der Waals surface area contributed by atoms with Crippen molar-refractivity contribution >= 4 is 11.9 Å². The van der Waals surface area contributed by atoms with Gasteiger partial charge in [0, 0.05) is 18.7 Å². The quantitative estimate of drug-likeness (QED) is 0.620. The van der Waals surface area contributed by atoms with Gasteiger partial charge in [0.2, 0.25) is 0 Å². The zero-order valence-electron chi connectivity index (χ0n) is 16.9. The Hall–Kier alpha value is -3.02. The summed E-state index contributed by atoms with van der Waals surface area (Å²) in [6.45, 7) is 2.67. The SMILES string of the molecule is COC(=O)CCN(CCc1ccc(OC)c(OC)c1)C(=O)c1ccccc1C. The number of aryl methyl sites for hydroxylation is 1. The van der Waals surface area contributed by atoms with Crippen LogP contribution < -0.4 is 9.47 Å². The van der Waals surface area contributed by atoms with E-state index in [0.717, 1.165) is 11.1 Å². The van der Waals surface area contributed by atoms with E-state index in [9.17, 15) is 9.59 Å². The first-order chi connectivity index (χ1) is 13.5. The maximum absolute atomic E-state index is 13.0. The Balaban J connectivity index is 2.16. The lowest BCUT2D eigenvalue weighted by Gasteiger charge is -2.23. The number of carbonyl (C=O) groups excluding carboxylic acids is 2. The lowest BCUT2D eigenvalue weighted by Crippen LogP contribution is -2.35. The van der Waals surface area contributed by atoms with Gasteiger partial charge >= 0.3 is 5.97 Å². The predicted molar refractivity (Wildman–Crippen MR) is 107 cm³/mol. The molecule has 0 unspecified atom stereocenters. The lowest BCUT2D eigenvalue weighted by atomic mass is 10.1. The largest absolute Gasteiger partial charge is 0.493 e. The van der Waals surface area contributed by atoms with Gasteiger partial charge in [-0.1, -0.05) is 24.3 Å². The van der Waals surface area contributed by atoms with Crippen molar-refractivity contribution in [3.8, 4) is 11.5 Å². The fourth-order valence-corrected chi connectivity index (χ4v) is 2.93. The van der Waals surface area contributed by atoms with Crippen LogP contribution in [0.15, 0.2) is 42.5 Å². The molecule has 2 rings (SSSR count). The molecular formula is C22H27NO5. The molecule has 0 heterocycles. The fraction of sp³-hybridized carbons (Fsp3) is 0.364. The third kappa shape index (κ3) is 5.49. The predicted octanol–water partition coefficient (Wildman–Crippen LogP) is 3.26. The highest BCUT2D eigenvalue weighted by atomic mass is 16.5. The minimum absolute atomic E-state index is 0.0949. The van der Waals surface area contributed by atoms with Gasteiger partial charge in [-0.15, -0.1) is 0 Å². The third-order valence-electron chi connectivity index (χ3n) is 4.59. The normalized spacial score (nSPS) is 10.3. The van der Waals surface area contributed by atoms with Gasteiger partial charge in [-0.3, -0.25) is 9.59 Å². The number of rotatable bonds is 9. The van der Waals surface area contributed by atoms with Crippen molar-refractivity contribution in [1.29, 1.82) is 0 Å². The number of carbonyl (C=O) groups is 2. The van der Waals surface area contributed by atoms with Crippen LogP contribution in [-0.4, -0.2) is 51.2 Å². The number of hydrogen-bond acceptors (Lipinski definition) is 5. The lowest BCUT2D eigenvalue weighted by molar-refractivity contribution is -0.140. The van der Waals surface area contributed by atoms with Gasteiger partial charge in [0.1, 0.15) is 0 Å². The highest BCUT2D eigenvalue weighted by molar-refractivity contribution is 5.95. The molecule has 0 spiro atoms. The average Bonchev–Trinajstić information content (AvgIpc) is 2.73. The molecule has 0 saturated heterocycles. The number of esters is 1. The molecule has 0 fully saturated rings. The van der Waals surface area contributed by atoms with Crippen LogP contribution >= 0.6 is 0 Å². The third-order valence-corrected chi connectivity index (χ3v) is 4.59. The highest BCUT2D eigenvalue weighted by Crippen LogP contribution is 2.27. The molecule has 0 bridgehead atoms. The van der Waals surface area contributed by atoms with E-state index in [1.54, 1.807) is 25.2 Å². The van der Waals surface area contributed by atoms with E-state index < -0.39 is 0 Å². The topological polar surface area (TPSA) is 65.1 Å². The second-order valence-electron chi connectivity index (χ2n) is 6.37. The number of nitrogens with zero attached hydrogens (tertiary/aromatic N) is 1. The maximum atomic E-state index is 13.0. The molecule has 0 N–H and O–H groups in total. The second-order valence-corrected chi connectivity index (χ2v) is 6.37. The zero-order chi connectivity index (χ0) is 20.5. The molecule has 0 atom stereocenters. The molecule has 0 radical (unpaired) electrons. The van der Waals surface area contributed by atoms with Crippen molar-refractivity contribution in [3.05, 3.63) is 59.2 Å². The summed E-state index contributed by atoms with van der Waals surface area (Å²) >= 11 is 0. The Labute approximate surface area is 166 Å². The van der Waals surface area contributed by atoms with Crippen molar-refractivity contribution in [2.75, 3.05) is 34.4 Å². The molecule has 6 nitrogen and oxygen atoms in total. The van der Waals surface area contributed by atoms with E-state index >= 15 is 0 Å². The van der Waals surface area contributed by atoms with Crippen LogP contribution in [0.5, 0.6) is 11.5 Å². The number of amides is 1. The Bertz CT molecular complexity index is 818. The molecule has 6 heteroatoms. The van der Waals surface area contributed by atoms with Crippen molar-refractivity contribution in [1.82, 2.24) is 4.90 Å². The Kier molecular flexibility index (Phi) is 7.87. The standard InChI is InChI=1S/C22H27NO5/c1-16-7-5-6-8-18(16)22(25)23(14-12-21(24)28-4)13-11-17-9-10-19(26-2)20(15-17)27-3/h5-10,15H,11-14H2,1-4H3. The average molecular weight is 385 g/mol. The Morgan fingerprint density at radius 1 is 0.929 bits per heavy atom. The number of benzene rings is 2. The first-order valence-electron chi connectivity index (χ1n) is 9.12. The Morgan fingerprint density at radius 2 is 1.64 bits per heavy atom. The first kappa shape index (κ1) is 21.3. The summed E-state index contributed by atoms with van der Waals surface area (Å²) < 4.78 is 15.3.